The lowest BCUT2D eigenvalue weighted by Crippen LogP contribution is -2.44. The lowest BCUT2D eigenvalue weighted by molar-refractivity contribution is 0.0476. The van der Waals surface area contributed by atoms with Crippen molar-refractivity contribution in [2.24, 2.45) is 11.8 Å². The predicted octanol–water partition coefficient (Wildman–Crippen LogP) is 2.58. The lowest BCUT2D eigenvalue weighted by atomic mass is 9.77. The smallest absolute Gasteiger partial charge is 0.0731 e. The summed E-state index contributed by atoms with van der Waals surface area (Å²) in [5.41, 5.74) is 0. The molecule has 4 unspecified atom stereocenters. The zero-order chi connectivity index (χ0) is 10.7. The minimum absolute atomic E-state index is 0.491. The van der Waals surface area contributed by atoms with E-state index in [0.29, 0.717) is 12.1 Å². The first-order valence-electron chi connectivity index (χ1n) is 6.60. The van der Waals surface area contributed by atoms with E-state index in [1.807, 2.05) is 0 Å². The molecule has 0 bridgehead atoms. The van der Waals surface area contributed by atoms with Gasteiger partial charge in [0.05, 0.1) is 6.10 Å². The summed E-state index contributed by atoms with van der Waals surface area (Å²) in [5, 5.41) is 3.51. The quantitative estimate of drug-likeness (QED) is 0.774. The molecule has 2 heteroatoms. The highest BCUT2D eigenvalue weighted by atomic mass is 16.5. The minimum Gasteiger partial charge on any atom is -0.377 e. The van der Waals surface area contributed by atoms with Crippen molar-refractivity contribution in [1.82, 2.24) is 5.32 Å². The lowest BCUT2D eigenvalue weighted by Gasteiger charge is -2.35. The fraction of sp³-hybridized carbons (Fsp3) is 1.00. The summed E-state index contributed by atoms with van der Waals surface area (Å²) in [5.74, 6) is 1.77. The van der Waals surface area contributed by atoms with E-state index in [1.165, 1.54) is 38.5 Å². The van der Waals surface area contributed by atoms with Crippen LogP contribution in [-0.2, 0) is 4.74 Å². The van der Waals surface area contributed by atoms with Gasteiger partial charge in [-0.15, -0.1) is 0 Å². The summed E-state index contributed by atoms with van der Waals surface area (Å²) in [6.07, 6.45) is 8.64. The van der Waals surface area contributed by atoms with Crippen molar-refractivity contribution < 1.29 is 4.74 Å². The Bertz CT molecular complexity index is 189. The maximum Gasteiger partial charge on any atom is 0.0731 e. The molecule has 0 aromatic carbocycles. The highest BCUT2D eigenvalue weighted by Gasteiger charge is 2.33. The van der Waals surface area contributed by atoms with E-state index in [0.717, 1.165) is 18.4 Å². The molecule has 0 amide bonds. The summed E-state index contributed by atoms with van der Waals surface area (Å²) in [4.78, 5) is 0. The molecule has 2 aliphatic rings. The predicted molar refractivity (Wildman–Crippen MR) is 62.9 cm³/mol. The van der Waals surface area contributed by atoms with Gasteiger partial charge in [0.25, 0.3) is 0 Å². The minimum atomic E-state index is 0.491. The molecule has 15 heavy (non-hydrogen) atoms. The van der Waals surface area contributed by atoms with Crippen LogP contribution in [0.3, 0.4) is 0 Å². The molecule has 0 radical (unpaired) electrons. The van der Waals surface area contributed by atoms with Crippen LogP contribution in [0.4, 0.5) is 0 Å². The zero-order valence-corrected chi connectivity index (χ0v) is 10.2. The van der Waals surface area contributed by atoms with Crippen LogP contribution < -0.4 is 5.32 Å². The first kappa shape index (κ1) is 11.4. The van der Waals surface area contributed by atoms with E-state index in [2.05, 4.69) is 19.3 Å². The van der Waals surface area contributed by atoms with Gasteiger partial charge in [-0.2, -0.15) is 0 Å². The molecule has 88 valence electrons. The van der Waals surface area contributed by atoms with E-state index in [9.17, 15) is 0 Å². The Balaban J connectivity index is 1.92. The van der Waals surface area contributed by atoms with Gasteiger partial charge in [0.15, 0.2) is 0 Å². The highest BCUT2D eigenvalue weighted by molar-refractivity contribution is 4.88. The first-order valence-corrected chi connectivity index (χ1v) is 6.60. The van der Waals surface area contributed by atoms with Crippen LogP contribution in [0.15, 0.2) is 0 Å². The second-order valence-corrected chi connectivity index (χ2v) is 5.40. The van der Waals surface area contributed by atoms with Crippen molar-refractivity contribution in [3.8, 4) is 0 Å². The van der Waals surface area contributed by atoms with Crippen LogP contribution in [0.5, 0.6) is 0 Å². The van der Waals surface area contributed by atoms with Gasteiger partial charge >= 0.3 is 0 Å². The molecule has 1 aliphatic heterocycles. The number of hydrogen-bond donors (Lipinski definition) is 1. The molecule has 1 heterocycles. The summed E-state index contributed by atoms with van der Waals surface area (Å²) in [7, 11) is 2.10. The Morgan fingerprint density at radius 1 is 1.20 bits per heavy atom. The standard InChI is InChI=1S/C13H25NO/c1-10-5-3-6-11(9-10)13(14-2)12-7-4-8-15-12/h10-14H,3-9H2,1-2H3. The molecular formula is C13H25NO. The normalized spacial score (nSPS) is 39.2. The highest BCUT2D eigenvalue weighted by Crippen LogP contribution is 2.34. The average Bonchev–Trinajstić information content (AvgIpc) is 2.72. The number of hydrogen-bond acceptors (Lipinski definition) is 2. The SMILES string of the molecule is CNC(C1CCCC(C)C1)C1CCCO1. The van der Waals surface area contributed by atoms with Gasteiger partial charge in [-0.25, -0.2) is 0 Å². The summed E-state index contributed by atoms with van der Waals surface area (Å²) in [6, 6.07) is 0.607. The number of rotatable bonds is 3. The topological polar surface area (TPSA) is 21.3 Å². The van der Waals surface area contributed by atoms with E-state index >= 15 is 0 Å². The molecule has 2 rings (SSSR count). The van der Waals surface area contributed by atoms with Crippen molar-refractivity contribution >= 4 is 0 Å². The second-order valence-electron chi connectivity index (χ2n) is 5.40. The summed E-state index contributed by atoms with van der Waals surface area (Å²) >= 11 is 0. The Labute approximate surface area is 93.8 Å². The van der Waals surface area contributed by atoms with Gasteiger partial charge in [-0.1, -0.05) is 19.8 Å². The largest absolute Gasteiger partial charge is 0.377 e. The molecule has 1 saturated heterocycles. The van der Waals surface area contributed by atoms with Crippen LogP contribution in [0.1, 0.15) is 45.4 Å². The fourth-order valence-corrected chi connectivity index (χ4v) is 3.42. The number of nitrogens with one attached hydrogen (secondary N) is 1. The molecule has 2 fully saturated rings. The second kappa shape index (κ2) is 5.31. The van der Waals surface area contributed by atoms with Crippen LogP contribution in [-0.4, -0.2) is 25.8 Å². The summed E-state index contributed by atoms with van der Waals surface area (Å²) in [6.45, 7) is 3.37. The van der Waals surface area contributed by atoms with E-state index in [-0.39, 0.29) is 0 Å². The van der Waals surface area contributed by atoms with Gasteiger partial charge in [0, 0.05) is 12.6 Å². The van der Waals surface area contributed by atoms with Crippen molar-refractivity contribution in [2.45, 2.75) is 57.6 Å². The van der Waals surface area contributed by atoms with Crippen LogP contribution >= 0.6 is 0 Å². The molecule has 0 aromatic heterocycles. The molecular weight excluding hydrogens is 186 g/mol. The Hall–Kier alpha value is -0.0800. The van der Waals surface area contributed by atoms with Gasteiger partial charge < -0.3 is 10.1 Å². The van der Waals surface area contributed by atoms with Crippen LogP contribution in [0, 0.1) is 11.8 Å². The van der Waals surface area contributed by atoms with E-state index in [1.54, 1.807) is 0 Å². The maximum atomic E-state index is 5.83. The zero-order valence-electron chi connectivity index (χ0n) is 10.2. The van der Waals surface area contributed by atoms with Gasteiger partial charge in [-0.3, -0.25) is 0 Å². The molecule has 0 spiro atoms. The third-order valence-corrected chi connectivity index (χ3v) is 4.18. The van der Waals surface area contributed by atoms with Crippen molar-refractivity contribution in [1.29, 1.82) is 0 Å². The van der Waals surface area contributed by atoms with Gasteiger partial charge in [-0.05, 0) is 44.6 Å². The van der Waals surface area contributed by atoms with Gasteiger partial charge in [0.2, 0.25) is 0 Å². The van der Waals surface area contributed by atoms with Crippen molar-refractivity contribution in [3.05, 3.63) is 0 Å². The average molecular weight is 211 g/mol. The molecule has 1 saturated carbocycles. The number of ether oxygens (including phenoxy) is 1. The molecule has 1 aliphatic carbocycles. The van der Waals surface area contributed by atoms with E-state index in [4.69, 9.17) is 4.74 Å². The Morgan fingerprint density at radius 3 is 2.67 bits per heavy atom. The van der Waals surface area contributed by atoms with Crippen molar-refractivity contribution in [2.75, 3.05) is 13.7 Å². The van der Waals surface area contributed by atoms with E-state index < -0.39 is 0 Å². The van der Waals surface area contributed by atoms with Crippen LogP contribution in [0.25, 0.3) is 0 Å². The third-order valence-electron chi connectivity index (χ3n) is 4.18. The molecule has 4 atom stereocenters. The fourth-order valence-electron chi connectivity index (χ4n) is 3.42. The summed E-state index contributed by atoms with van der Waals surface area (Å²) < 4.78 is 5.83. The van der Waals surface area contributed by atoms with Crippen LogP contribution in [0.2, 0.25) is 0 Å². The Morgan fingerprint density at radius 2 is 2.07 bits per heavy atom. The first-order chi connectivity index (χ1) is 7.31. The molecule has 2 nitrogen and oxygen atoms in total. The number of likely N-dealkylation sites (N-methyl/N-ethyl adjacent to an activating group) is 1. The Kier molecular flexibility index (Phi) is 4.04. The molecule has 1 N–H and O–H groups in total. The van der Waals surface area contributed by atoms with Gasteiger partial charge in [0.1, 0.15) is 0 Å². The third kappa shape index (κ3) is 2.73. The maximum absolute atomic E-state index is 5.83. The monoisotopic (exact) mass is 211 g/mol. The molecule has 0 aromatic rings. The van der Waals surface area contributed by atoms with Crippen molar-refractivity contribution in [3.63, 3.8) is 0 Å².